The topological polar surface area (TPSA) is 91.2 Å². The van der Waals surface area contributed by atoms with Crippen LogP contribution >= 0.6 is 0 Å². The quantitative estimate of drug-likeness (QED) is 0.838. The summed E-state index contributed by atoms with van der Waals surface area (Å²) < 4.78 is 5.23. The number of nitrogens with one attached hydrogen (secondary N) is 2. The van der Waals surface area contributed by atoms with Gasteiger partial charge < -0.3 is 15.4 Å². The molecular weight excluding hydrogens is 306 g/mol. The van der Waals surface area contributed by atoms with Gasteiger partial charge in [0.15, 0.2) is 0 Å². The van der Waals surface area contributed by atoms with E-state index in [0.29, 0.717) is 6.42 Å². The summed E-state index contributed by atoms with van der Waals surface area (Å²) in [5.41, 5.74) is 0.271. The van der Waals surface area contributed by atoms with Crippen molar-refractivity contribution in [2.75, 3.05) is 0 Å². The molecule has 0 fully saturated rings. The van der Waals surface area contributed by atoms with Gasteiger partial charge in [-0.3, -0.25) is 4.79 Å². The molecule has 2 amide bonds. The van der Waals surface area contributed by atoms with Crippen LogP contribution in [0.25, 0.3) is 0 Å². The fourth-order valence-corrected chi connectivity index (χ4v) is 2.04. The molecule has 0 bridgehead atoms. The fraction of sp³-hybridized carbons (Fsp3) is 0.500. The second kappa shape index (κ2) is 8.92. The molecule has 1 unspecified atom stereocenters. The Morgan fingerprint density at radius 1 is 1.21 bits per heavy atom. The first kappa shape index (κ1) is 19.5. The van der Waals surface area contributed by atoms with E-state index in [9.17, 15) is 9.59 Å². The molecule has 0 heterocycles. The first-order valence-corrected chi connectivity index (χ1v) is 7.92. The summed E-state index contributed by atoms with van der Waals surface area (Å²) in [6.45, 7) is 7.02. The maximum Gasteiger partial charge on any atom is 0.408 e. The smallest absolute Gasteiger partial charge is 0.408 e. The number of benzene rings is 1. The van der Waals surface area contributed by atoms with E-state index in [-0.39, 0.29) is 18.4 Å². The minimum absolute atomic E-state index is 0.205. The zero-order chi connectivity index (χ0) is 18.2. The lowest BCUT2D eigenvalue weighted by atomic mass is 10.0. The molecule has 0 aliphatic carbocycles. The van der Waals surface area contributed by atoms with Crippen molar-refractivity contribution in [3.8, 4) is 6.07 Å². The number of carbonyl (C=O) groups excluding carboxylic acids is 2. The second-order valence-corrected chi connectivity index (χ2v) is 6.66. The van der Waals surface area contributed by atoms with E-state index in [1.54, 1.807) is 27.7 Å². The van der Waals surface area contributed by atoms with E-state index in [1.165, 1.54) is 0 Å². The van der Waals surface area contributed by atoms with Crippen molar-refractivity contribution >= 4 is 12.0 Å². The molecule has 2 N–H and O–H groups in total. The Morgan fingerprint density at radius 3 is 2.38 bits per heavy atom. The van der Waals surface area contributed by atoms with Crippen LogP contribution in [0.1, 0.15) is 39.7 Å². The molecule has 0 spiro atoms. The molecule has 6 nitrogen and oxygen atoms in total. The average Bonchev–Trinajstić information content (AvgIpc) is 2.45. The number of nitrogens with zero attached hydrogens (tertiary/aromatic N) is 1. The zero-order valence-corrected chi connectivity index (χ0v) is 14.6. The van der Waals surface area contributed by atoms with Crippen molar-refractivity contribution in [1.29, 1.82) is 5.26 Å². The first-order chi connectivity index (χ1) is 11.2. The highest BCUT2D eigenvalue weighted by molar-refractivity contribution is 5.86. The summed E-state index contributed by atoms with van der Waals surface area (Å²) in [6, 6.07) is 10.3. The molecule has 24 heavy (non-hydrogen) atoms. The maximum atomic E-state index is 12.4. The number of hydrogen-bond acceptors (Lipinski definition) is 4. The highest BCUT2D eigenvalue weighted by Crippen LogP contribution is 2.09. The monoisotopic (exact) mass is 331 g/mol. The molecule has 0 saturated carbocycles. The van der Waals surface area contributed by atoms with Crippen molar-refractivity contribution in [1.82, 2.24) is 10.6 Å². The van der Waals surface area contributed by atoms with Crippen LogP contribution in [0.2, 0.25) is 0 Å². The van der Waals surface area contributed by atoms with Gasteiger partial charge in [0.05, 0.1) is 12.5 Å². The summed E-state index contributed by atoms with van der Waals surface area (Å²) in [4.78, 5) is 24.5. The van der Waals surface area contributed by atoms with Crippen LogP contribution in [0, 0.1) is 11.3 Å². The predicted molar refractivity (Wildman–Crippen MR) is 91.1 cm³/mol. The molecule has 130 valence electrons. The number of amides is 2. The number of ether oxygens (including phenoxy) is 1. The molecule has 0 saturated heterocycles. The number of alkyl carbamates (subject to hydrolysis) is 1. The third-order valence-corrected chi connectivity index (χ3v) is 3.08. The third kappa shape index (κ3) is 7.63. The Bertz CT molecular complexity index is 588. The molecule has 1 rings (SSSR count). The molecule has 0 aliphatic rings. The Balaban J connectivity index is 2.80. The highest BCUT2D eigenvalue weighted by atomic mass is 16.6. The van der Waals surface area contributed by atoms with Gasteiger partial charge in [-0.15, -0.1) is 0 Å². The van der Waals surface area contributed by atoms with Crippen LogP contribution in [0.3, 0.4) is 0 Å². The normalized spacial score (nSPS) is 13.3. The van der Waals surface area contributed by atoms with E-state index in [1.807, 2.05) is 36.4 Å². The molecule has 0 radical (unpaired) electrons. The van der Waals surface area contributed by atoms with E-state index in [0.717, 1.165) is 5.56 Å². The Hall–Kier alpha value is -2.55. The van der Waals surface area contributed by atoms with Gasteiger partial charge in [-0.2, -0.15) is 5.26 Å². The first-order valence-electron chi connectivity index (χ1n) is 7.92. The van der Waals surface area contributed by atoms with Crippen LogP contribution in [0.5, 0.6) is 0 Å². The SMILES string of the molecule is CC(CC#N)NC(=O)[C@@H](Cc1ccccc1)NC(=O)OC(C)(C)C. The summed E-state index contributed by atoms with van der Waals surface area (Å²) in [7, 11) is 0. The van der Waals surface area contributed by atoms with Gasteiger partial charge >= 0.3 is 6.09 Å². The summed E-state index contributed by atoms with van der Waals surface area (Å²) in [6.07, 6.45) is -0.104. The fourth-order valence-electron chi connectivity index (χ4n) is 2.04. The Kier molecular flexibility index (Phi) is 7.25. The lowest BCUT2D eigenvalue weighted by molar-refractivity contribution is -0.123. The molecule has 2 atom stereocenters. The average molecular weight is 331 g/mol. The van der Waals surface area contributed by atoms with Crippen LogP contribution in [-0.2, 0) is 16.0 Å². The minimum atomic E-state index is -0.775. The van der Waals surface area contributed by atoms with Gasteiger partial charge in [0.2, 0.25) is 5.91 Å². The van der Waals surface area contributed by atoms with E-state index >= 15 is 0 Å². The minimum Gasteiger partial charge on any atom is -0.444 e. The standard InChI is InChI=1S/C18H25N3O3/c1-13(10-11-19)20-16(22)15(12-14-8-6-5-7-9-14)21-17(23)24-18(2,3)4/h5-9,13,15H,10,12H2,1-4H3,(H,20,22)(H,21,23)/t13?,15-/m1/s1. The summed E-state index contributed by atoms with van der Waals surface area (Å²) in [5.74, 6) is -0.340. The largest absolute Gasteiger partial charge is 0.444 e. The summed E-state index contributed by atoms with van der Waals surface area (Å²) >= 11 is 0. The molecule has 0 aliphatic heterocycles. The second-order valence-electron chi connectivity index (χ2n) is 6.66. The van der Waals surface area contributed by atoms with Gasteiger partial charge in [0, 0.05) is 12.5 Å². The highest BCUT2D eigenvalue weighted by Gasteiger charge is 2.25. The Morgan fingerprint density at radius 2 is 1.83 bits per heavy atom. The van der Waals surface area contributed by atoms with E-state index in [4.69, 9.17) is 10.00 Å². The van der Waals surface area contributed by atoms with Gasteiger partial charge in [-0.1, -0.05) is 30.3 Å². The van der Waals surface area contributed by atoms with Gasteiger partial charge in [0.1, 0.15) is 11.6 Å². The summed E-state index contributed by atoms with van der Waals surface area (Å²) in [5, 5.41) is 14.1. The van der Waals surface area contributed by atoms with Gasteiger partial charge in [-0.05, 0) is 33.3 Å². The molecular formula is C18H25N3O3. The van der Waals surface area contributed by atoms with Crippen LogP contribution in [0.15, 0.2) is 30.3 Å². The molecule has 6 heteroatoms. The van der Waals surface area contributed by atoms with Crippen molar-refractivity contribution in [3.63, 3.8) is 0 Å². The van der Waals surface area contributed by atoms with Gasteiger partial charge in [-0.25, -0.2) is 4.79 Å². The maximum absolute atomic E-state index is 12.4. The molecule has 0 aromatic heterocycles. The van der Waals surface area contributed by atoms with E-state index in [2.05, 4.69) is 10.6 Å². The third-order valence-electron chi connectivity index (χ3n) is 3.08. The van der Waals surface area contributed by atoms with Crippen molar-refractivity contribution < 1.29 is 14.3 Å². The lowest BCUT2D eigenvalue weighted by Crippen LogP contribution is -2.51. The van der Waals surface area contributed by atoms with Gasteiger partial charge in [0.25, 0.3) is 0 Å². The predicted octanol–water partition coefficient (Wildman–Crippen LogP) is 2.54. The molecule has 1 aromatic carbocycles. The lowest BCUT2D eigenvalue weighted by Gasteiger charge is -2.24. The zero-order valence-electron chi connectivity index (χ0n) is 14.6. The molecule has 1 aromatic rings. The van der Waals surface area contributed by atoms with Crippen LogP contribution < -0.4 is 10.6 Å². The number of hydrogen-bond donors (Lipinski definition) is 2. The Labute approximate surface area is 143 Å². The van der Waals surface area contributed by atoms with Crippen molar-refractivity contribution in [2.24, 2.45) is 0 Å². The van der Waals surface area contributed by atoms with E-state index < -0.39 is 17.7 Å². The van der Waals surface area contributed by atoms with Crippen molar-refractivity contribution in [2.45, 2.75) is 58.2 Å². The van der Waals surface area contributed by atoms with Crippen molar-refractivity contribution in [3.05, 3.63) is 35.9 Å². The van der Waals surface area contributed by atoms with Crippen LogP contribution in [0.4, 0.5) is 4.79 Å². The number of carbonyl (C=O) groups is 2. The number of rotatable bonds is 6. The van der Waals surface area contributed by atoms with Crippen LogP contribution in [-0.4, -0.2) is 29.7 Å². The number of nitriles is 1.